The van der Waals surface area contributed by atoms with Crippen molar-refractivity contribution in [2.45, 2.75) is 12.8 Å². The Kier molecular flexibility index (Phi) is 9.87. The summed E-state index contributed by atoms with van der Waals surface area (Å²) in [5.74, 6) is -1.27. The number of hydrogen-bond donors (Lipinski definition) is 6. The molecule has 1 aliphatic heterocycles. The van der Waals surface area contributed by atoms with Gasteiger partial charge in [0.15, 0.2) is 10.5 Å². The molecule has 5 rings (SSSR count). The summed E-state index contributed by atoms with van der Waals surface area (Å²) in [5.41, 5.74) is 2.51. The van der Waals surface area contributed by atoms with Crippen LogP contribution in [0.4, 0.5) is 5.69 Å². The zero-order valence-corrected chi connectivity index (χ0v) is 26.1. The van der Waals surface area contributed by atoms with Gasteiger partial charge in [-0.3, -0.25) is 14.2 Å². The maximum Gasteiger partial charge on any atom is 0.336 e. The fourth-order valence-corrected chi connectivity index (χ4v) is 5.52. The number of fused-ring (bicyclic) bond motifs is 2. The Morgan fingerprint density at radius 1 is 0.936 bits per heavy atom. The van der Waals surface area contributed by atoms with Crippen LogP contribution in [0.3, 0.4) is 0 Å². The number of aromatic carboxylic acids is 1. The van der Waals surface area contributed by atoms with Crippen LogP contribution >= 0.6 is 20.0 Å². The van der Waals surface area contributed by atoms with E-state index < -0.39 is 13.8 Å². The number of carbonyl (C=O) groups is 2. The lowest BCUT2D eigenvalue weighted by molar-refractivity contribution is -0.211. The molecule has 242 valence electrons. The number of carboxylic acid groups (broad SMARTS) is 1. The first kappa shape index (κ1) is 33.1. The molecule has 6 N–H and O–H groups in total. The van der Waals surface area contributed by atoms with E-state index in [1.54, 1.807) is 36.4 Å². The highest BCUT2D eigenvalue weighted by Crippen LogP contribution is 2.42. The molecule has 0 saturated carbocycles. The number of thiocarbonyl (C=S) groups is 1. The maximum absolute atomic E-state index is 12.4. The van der Waals surface area contributed by atoms with Crippen LogP contribution in [0.15, 0.2) is 88.1 Å². The number of anilines is 1. The molecule has 1 heterocycles. The number of benzene rings is 4. The third-order valence-corrected chi connectivity index (χ3v) is 7.66. The van der Waals surface area contributed by atoms with Gasteiger partial charge in [-0.15, -0.1) is 0 Å². The fourth-order valence-electron chi connectivity index (χ4n) is 4.92. The number of phosphoric acid groups is 1. The molecule has 15 heteroatoms. The molecule has 0 spiro atoms. The summed E-state index contributed by atoms with van der Waals surface area (Å²) >= 11 is 5.35. The molecule has 0 saturated heterocycles. The highest BCUT2D eigenvalue weighted by molar-refractivity contribution is 7.80. The molecule has 0 fully saturated rings. The van der Waals surface area contributed by atoms with Gasteiger partial charge >= 0.3 is 13.8 Å². The van der Waals surface area contributed by atoms with Gasteiger partial charge in [-0.05, 0) is 78.3 Å². The largest absolute Gasteiger partial charge is 0.746 e. The predicted molar refractivity (Wildman–Crippen MR) is 176 cm³/mol. The predicted octanol–water partition coefficient (Wildman–Crippen LogP) is 3.84. The first-order valence-corrected chi connectivity index (χ1v) is 16.0. The van der Waals surface area contributed by atoms with Crippen molar-refractivity contribution >= 4 is 53.7 Å². The lowest BCUT2D eigenvalue weighted by Gasteiger charge is -2.18. The number of phenolic OH excluding ortho intramolecular Hbond substituents is 1. The Morgan fingerprint density at radius 2 is 1.66 bits per heavy atom. The van der Waals surface area contributed by atoms with E-state index in [1.807, 2.05) is 0 Å². The smallest absolute Gasteiger partial charge is 0.336 e. The number of hydrogen-bond acceptors (Lipinski definition) is 9. The normalized spacial score (nSPS) is 12.3. The highest BCUT2D eigenvalue weighted by atomic mass is 32.1. The van der Waals surface area contributed by atoms with Crippen LogP contribution < -0.4 is 30.8 Å². The van der Waals surface area contributed by atoms with Gasteiger partial charge in [0.05, 0.1) is 5.56 Å². The number of rotatable bonds is 11. The average Bonchev–Trinajstić information content (AvgIpc) is 3.01. The summed E-state index contributed by atoms with van der Waals surface area (Å²) in [6.45, 7) is 0.534. The number of aryl methyl sites for hydroxylation is 1. The molecule has 0 bridgehead atoms. The van der Waals surface area contributed by atoms with E-state index >= 15 is 0 Å². The van der Waals surface area contributed by atoms with Crippen molar-refractivity contribution in [3.05, 3.63) is 100 Å². The first-order chi connectivity index (χ1) is 22.4. The van der Waals surface area contributed by atoms with E-state index in [4.69, 9.17) is 21.5 Å². The van der Waals surface area contributed by atoms with Gasteiger partial charge < -0.3 is 44.9 Å². The maximum atomic E-state index is 12.4. The van der Waals surface area contributed by atoms with Crippen LogP contribution in [0.25, 0.3) is 33.4 Å². The van der Waals surface area contributed by atoms with Crippen molar-refractivity contribution in [2.24, 2.45) is 0 Å². The molecule has 1 atom stereocenters. The number of amides is 1. The minimum atomic E-state index is -4.89. The number of nitrogens with one attached hydrogen (secondary N) is 3. The Morgan fingerprint density at radius 3 is 2.38 bits per heavy atom. The Bertz CT molecular complexity index is 2060. The third-order valence-electron chi connectivity index (χ3n) is 6.97. The van der Waals surface area contributed by atoms with Crippen LogP contribution in [-0.2, 0) is 15.8 Å². The van der Waals surface area contributed by atoms with Gasteiger partial charge in [-0.1, -0.05) is 18.2 Å². The summed E-state index contributed by atoms with van der Waals surface area (Å²) in [6, 6.07) is 19.3. The summed E-state index contributed by atoms with van der Waals surface area (Å²) in [6.07, 6.45) is 0.563. The SMILES string of the molecule is O=C(CCc1ccc(OP(=O)([O-])O)cc1)NCCNC(=S)Nc1ccc(-c2c3ccc(=O)cc-3oc3cc(O)ccc23)c(C(=O)O)c1. The van der Waals surface area contributed by atoms with Crippen molar-refractivity contribution in [1.82, 2.24) is 10.6 Å². The molecule has 1 aliphatic carbocycles. The number of carboxylic acids is 1. The van der Waals surface area contributed by atoms with Crippen LogP contribution in [-0.4, -0.2) is 45.2 Å². The molecular formula is C32H27N3O10PS-. The average molecular weight is 677 g/mol. The fraction of sp³-hybridized carbons (Fsp3) is 0.125. The quantitative estimate of drug-likeness (QED) is 0.0509. The summed E-state index contributed by atoms with van der Waals surface area (Å²) in [7, 11) is -4.89. The number of aromatic hydroxyl groups is 1. The molecule has 2 aliphatic rings. The van der Waals surface area contributed by atoms with Crippen LogP contribution in [0, 0.1) is 0 Å². The van der Waals surface area contributed by atoms with Gasteiger partial charge in [-0.2, -0.15) is 0 Å². The third kappa shape index (κ3) is 8.51. The van der Waals surface area contributed by atoms with Crippen molar-refractivity contribution in [3.8, 4) is 33.9 Å². The van der Waals surface area contributed by atoms with Crippen LogP contribution in [0.1, 0.15) is 22.3 Å². The van der Waals surface area contributed by atoms with Crippen molar-refractivity contribution in [3.63, 3.8) is 0 Å². The van der Waals surface area contributed by atoms with E-state index in [0.29, 0.717) is 34.2 Å². The van der Waals surface area contributed by atoms with E-state index in [-0.39, 0.29) is 64.4 Å². The van der Waals surface area contributed by atoms with Gasteiger partial charge in [0.1, 0.15) is 22.8 Å². The second-order valence-corrected chi connectivity index (χ2v) is 11.8. The van der Waals surface area contributed by atoms with Crippen molar-refractivity contribution < 1.29 is 43.1 Å². The molecule has 0 radical (unpaired) electrons. The van der Waals surface area contributed by atoms with E-state index in [1.165, 1.54) is 42.5 Å². The highest BCUT2D eigenvalue weighted by Gasteiger charge is 2.22. The molecule has 47 heavy (non-hydrogen) atoms. The molecule has 3 aromatic rings. The van der Waals surface area contributed by atoms with Gasteiger partial charge in [0.2, 0.25) is 5.91 Å². The first-order valence-electron chi connectivity index (χ1n) is 14.1. The van der Waals surface area contributed by atoms with Crippen molar-refractivity contribution in [1.29, 1.82) is 0 Å². The Labute approximate surface area is 272 Å². The van der Waals surface area contributed by atoms with E-state index in [9.17, 15) is 34.1 Å². The minimum absolute atomic E-state index is 0.0404. The molecule has 1 unspecified atom stereocenters. The number of phosphoric ester groups is 1. The molecule has 13 nitrogen and oxygen atoms in total. The zero-order chi connectivity index (χ0) is 33.7. The topological polar surface area (TPSA) is 210 Å². The zero-order valence-electron chi connectivity index (χ0n) is 24.4. The minimum Gasteiger partial charge on any atom is -0.746 e. The second kappa shape index (κ2) is 14.0. The summed E-state index contributed by atoms with van der Waals surface area (Å²) < 4.78 is 21.0. The van der Waals surface area contributed by atoms with Gasteiger partial charge in [0.25, 0.3) is 0 Å². The van der Waals surface area contributed by atoms with Crippen LogP contribution in [0.2, 0.25) is 0 Å². The van der Waals surface area contributed by atoms with Gasteiger partial charge in [0, 0.05) is 53.8 Å². The lowest BCUT2D eigenvalue weighted by atomic mass is 9.90. The monoisotopic (exact) mass is 676 g/mol. The number of carbonyl (C=O) groups excluding carboxylic acids is 1. The van der Waals surface area contributed by atoms with E-state index in [2.05, 4.69) is 20.5 Å². The Balaban J connectivity index is 1.20. The standard InChI is InChI=1S/C32H28N3O10PS/c36-20-5-10-24-27(16-20)44-28-17-21(37)6-11-25(28)30(24)23-9-4-19(15-26(23)31(39)40)35-32(47)34-14-13-33-29(38)12-3-18-1-7-22(8-2-18)45-46(41,42)43/h1-2,4-11,15-17,36H,3,12-14H2,(H,33,38)(H,39,40)(H2,34,35,47)(H2,41,42,43)/p-1. The lowest BCUT2D eigenvalue weighted by Crippen LogP contribution is -2.36. The Hall–Kier alpha value is -5.27. The van der Waals surface area contributed by atoms with Crippen LogP contribution in [0.5, 0.6) is 11.5 Å². The molecule has 0 aromatic heterocycles. The van der Waals surface area contributed by atoms with E-state index in [0.717, 1.165) is 5.56 Å². The summed E-state index contributed by atoms with van der Waals surface area (Å²) in [5, 5.41) is 29.5. The van der Waals surface area contributed by atoms with Crippen molar-refractivity contribution in [2.75, 3.05) is 18.4 Å². The molecule has 3 aromatic carbocycles. The number of phenols is 1. The molecular weight excluding hydrogens is 649 g/mol. The van der Waals surface area contributed by atoms with Gasteiger partial charge in [-0.25, -0.2) is 4.79 Å². The molecule has 1 amide bonds. The second-order valence-electron chi connectivity index (χ2n) is 10.3. The summed E-state index contributed by atoms with van der Waals surface area (Å²) in [4.78, 5) is 56.3.